The molecule has 0 radical (unpaired) electrons. The summed E-state index contributed by atoms with van der Waals surface area (Å²) in [6.07, 6.45) is 8.14. The van der Waals surface area contributed by atoms with E-state index in [1.54, 1.807) is 18.5 Å². The Bertz CT molecular complexity index is 1510. The van der Waals surface area contributed by atoms with Gasteiger partial charge in [-0.1, -0.05) is 32.0 Å². The molecule has 2 unspecified atom stereocenters. The van der Waals surface area contributed by atoms with E-state index in [0.29, 0.717) is 35.0 Å². The number of nitrogens with one attached hydrogen (secondary N) is 2. The highest BCUT2D eigenvalue weighted by atomic mass is 19.1. The number of para-hydroxylation sites is 1. The normalized spacial score (nSPS) is 15.8. The third-order valence-corrected chi connectivity index (χ3v) is 7.81. The summed E-state index contributed by atoms with van der Waals surface area (Å²) in [6.45, 7) is 6.86. The van der Waals surface area contributed by atoms with Crippen molar-refractivity contribution in [3.8, 4) is 17.3 Å². The lowest BCUT2D eigenvalue weighted by Gasteiger charge is -2.28. The van der Waals surface area contributed by atoms with Gasteiger partial charge < -0.3 is 20.3 Å². The zero-order valence-corrected chi connectivity index (χ0v) is 23.8. The van der Waals surface area contributed by atoms with Gasteiger partial charge >= 0.3 is 6.01 Å². The van der Waals surface area contributed by atoms with Gasteiger partial charge in [-0.2, -0.15) is 0 Å². The number of benzene rings is 1. The molecule has 4 aromatic rings. The topological polar surface area (TPSA) is 118 Å². The van der Waals surface area contributed by atoms with Crippen LogP contribution in [0.4, 0.5) is 10.2 Å². The van der Waals surface area contributed by atoms with E-state index < -0.39 is 11.7 Å². The lowest BCUT2D eigenvalue weighted by Crippen LogP contribution is -2.35. The van der Waals surface area contributed by atoms with Crippen molar-refractivity contribution >= 4 is 22.6 Å². The monoisotopic (exact) mass is 558 g/mol. The zero-order valence-electron chi connectivity index (χ0n) is 23.8. The minimum atomic E-state index is -0.638. The highest BCUT2D eigenvalue weighted by molar-refractivity contribution is 6.06. The summed E-state index contributed by atoms with van der Waals surface area (Å²) in [5.74, 6) is -0.206. The lowest BCUT2D eigenvalue weighted by molar-refractivity contribution is 0.0960. The largest absolute Gasteiger partial charge is 0.460 e. The van der Waals surface area contributed by atoms with Crippen LogP contribution in [-0.2, 0) is 0 Å². The summed E-state index contributed by atoms with van der Waals surface area (Å²) >= 11 is 0. The second-order valence-corrected chi connectivity index (χ2v) is 10.6. The van der Waals surface area contributed by atoms with Gasteiger partial charge in [0.15, 0.2) is 5.82 Å². The summed E-state index contributed by atoms with van der Waals surface area (Å²) in [6, 6.07) is 7.79. The first-order chi connectivity index (χ1) is 19.8. The first-order valence-corrected chi connectivity index (χ1v) is 13.9. The molecule has 5 rings (SSSR count). The summed E-state index contributed by atoms with van der Waals surface area (Å²) in [5.41, 5.74) is 3.06. The van der Waals surface area contributed by atoms with Crippen LogP contribution in [0.25, 0.3) is 22.2 Å². The molecule has 1 aliphatic rings. The molecule has 1 amide bonds. The average molecular weight is 559 g/mol. The first-order valence-electron chi connectivity index (χ1n) is 13.9. The molecule has 0 spiro atoms. The Balaban J connectivity index is 1.24. The van der Waals surface area contributed by atoms with Gasteiger partial charge in [0, 0.05) is 56.1 Å². The molecule has 41 heavy (non-hydrogen) atoms. The van der Waals surface area contributed by atoms with Gasteiger partial charge in [0.25, 0.3) is 5.91 Å². The van der Waals surface area contributed by atoms with Gasteiger partial charge in [-0.05, 0) is 37.3 Å². The molecule has 11 heteroatoms. The fourth-order valence-corrected chi connectivity index (χ4v) is 5.07. The highest BCUT2D eigenvalue weighted by Crippen LogP contribution is 2.32. The second kappa shape index (κ2) is 12.5. The van der Waals surface area contributed by atoms with Gasteiger partial charge in [-0.3, -0.25) is 9.78 Å². The molecule has 1 aliphatic heterocycles. The Morgan fingerprint density at radius 1 is 1.10 bits per heavy atom. The SMILES string of the molecule is CNC(=O)c1c(F)cnc2c(C(C)C(C)CNc3cc(-c4cnc(OC5CCN(C)CC5)nc4)ncn3)cccc12. The molecule has 3 aromatic heterocycles. The van der Waals surface area contributed by atoms with E-state index in [9.17, 15) is 9.18 Å². The van der Waals surface area contributed by atoms with Crippen molar-refractivity contribution in [2.75, 3.05) is 39.0 Å². The fraction of sp³-hybridized carbons (Fsp3) is 0.400. The average Bonchev–Trinajstić information content (AvgIpc) is 3.00. The van der Waals surface area contributed by atoms with Gasteiger partial charge in [0.2, 0.25) is 0 Å². The quantitative estimate of drug-likeness (QED) is 0.310. The molecule has 4 heterocycles. The van der Waals surface area contributed by atoms with Gasteiger partial charge in [-0.25, -0.2) is 24.3 Å². The predicted octanol–water partition coefficient (Wildman–Crippen LogP) is 4.31. The third kappa shape index (κ3) is 6.40. The molecule has 214 valence electrons. The van der Waals surface area contributed by atoms with Crippen LogP contribution in [0.5, 0.6) is 6.01 Å². The number of piperidine rings is 1. The maximum atomic E-state index is 14.5. The van der Waals surface area contributed by atoms with Crippen molar-refractivity contribution < 1.29 is 13.9 Å². The molecule has 2 N–H and O–H groups in total. The molecule has 0 aliphatic carbocycles. The van der Waals surface area contributed by atoms with Crippen molar-refractivity contribution in [1.82, 2.24) is 35.1 Å². The first kappa shape index (κ1) is 28.3. The third-order valence-electron chi connectivity index (χ3n) is 7.81. The Kier molecular flexibility index (Phi) is 8.63. The fourth-order valence-electron chi connectivity index (χ4n) is 5.07. The molecular formula is C30H35FN8O2. The molecule has 2 atom stereocenters. The van der Waals surface area contributed by atoms with E-state index in [2.05, 4.69) is 61.3 Å². The van der Waals surface area contributed by atoms with Crippen LogP contribution < -0.4 is 15.4 Å². The lowest BCUT2D eigenvalue weighted by atomic mass is 9.87. The Hall–Kier alpha value is -4.25. The van der Waals surface area contributed by atoms with Crippen LogP contribution in [0.2, 0.25) is 0 Å². The van der Waals surface area contributed by atoms with Crippen molar-refractivity contribution in [3.63, 3.8) is 0 Å². The molecule has 1 saturated heterocycles. The summed E-state index contributed by atoms with van der Waals surface area (Å²) in [7, 11) is 3.60. The van der Waals surface area contributed by atoms with E-state index in [4.69, 9.17) is 4.74 Å². The number of anilines is 1. The Morgan fingerprint density at radius 2 is 1.85 bits per heavy atom. The van der Waals surface area contributed by atoms with Crippen LogP contribution in [0.3, 0.4) is 0 Å². The Labute approximate surface area is 238 Å². The number of nitrogens with zero attached hydrogens (tertiary/aromatic N) is 6. The smallest absolute Gasteiger partial charge is 0.316 e. The van der Waals surface area contributed by atoms with Crippen LogP contribution >= 0.6 is 0 Å². The van der Waals surface area contributed by atoms with Crippen LogP contribution in [0, 0.1) is 11.7 Å². The number of carbonyl (C=O) groups is 1. The number of amides is 1. The van der Waals surface area contributed by atoms with Gasteiger partial charge in [-0.15, -0.1) is 0 Å². The number of ether oxygens (including phenoxy) is 1. The standard InChI is InChI=1S/C30H35FN8O2/c1-18(19(2)22-6-5-7-23-27(29(40)32-3)24(31)16-34-28(22)23)13-33-26-12-25(37-17-38-26)20-14-35-30(36-15-20)41-21-8-10-39(4)11-9-21/h5-7,12,14-19,21H,8-11,13H2,1-4H3,(H,32,40)(H,33,37,38). The minimum Gasteiger partial charge on any atom is -0.460 e. The number of hydrogen-bond acceptors (Lipinski definition) is 9. The number of carbonyl (C=O) groups excluding carboxylic acids is 1. The maximum Gasteiger partial charge on any atom is 0.316 e. The number of fused-ring (bicyclic) bond motifs is 1. The van der Waals surface area contributed by atoms with Crippen LogP contribution in [-0.4, -0.2) is 75.6 Å². The van der Waals surface area contributed by atoms with Crippen molar-refractivity contribution in [3.05, 3.63) is 66.1 Å². The molecule has 1 aromatic carbocycles. The summed E-state index contributed by atoms with van der Waals surface area (Å²) in [4.78, 5) is 36.6. The number of halogens is 1. The Morgan fingerprint density at radius 3 is 2.59 bits per heavy atom. The van der Waals surface area contributed by atoms with E-state index in [0.717, 1.165) is 43.3 Å². The van der Waals surface area contributed by atoms with Crippen molar-refractivity contribution in [1.29, 1.82) is 0 Å². The van der Waals surface area contributed by atoms with Crippen LogP contribution in [0.15, 0.2) is 49.2 Å². The van der Waals surface area contributed by atoms with E-state index >= 15 is 0 Å². The van der Waals surface area contributed by atoms with Crippen molar-refractivity contribution in [2.45, 2.75) is 38.7 Å². The molecule has 10 nitrogen and oxygen atoms in total. The number of hydrogen-bond donors (Lipinski definition) is 2. The maximum absolute atomic E-state index is 14.5. The molecule has 1 fully saturated rings. The van der Waals surface area contributed by atoms with Gasteiger partial charge in [0.05, 0.1) is 23.0 Å². The van der Waals surface area contributed by atoms with E-state index in [1.807, 2.05) is 18.2 Å². The zero-order chi connectivity index (χ0) is 28.9. The van der Waals surface area contributed by atoms with Crippen LogP contribution in [0.1, 0.15) is 48.5 Å². The predicted molar refractivity (Wildman–Crippen MR) is 155 cm³/mol. The van der Waals surface area contributed by atoms with E-state index in [-0.39, 0.29) is 23.5 Å². The summed E-state index contributed by atoms with van der Waals surface area (Å²) < 4.78 is 20.4. The number of pyridine rings is 1. The number of rotatable bonds is 9. The highest BCUT2D eigenvalue weighted by Gasteiger charge is 2.22. The summed E-state index contributed by atoms with van der Waals surface area (Å²) in [5, 5.41) is 6.42. The number of likely N-dealkylation sites (tertiary alicyclic amines) is 1. The number of aromatic nitrogens is 5. The second-order valence-electron chi connectivity index (χ2n) is 10.6. The van der Waals surface area contributed by atoms with Gasteiger partial charge in [0.1, 0.15) is 18.2 Å². The molecular weight excluding hydrogens is 523 g/mol. The van der Waals surface area contributed by atoms with Crippen molar-refractivity contribution in [2.24, 2.45) is 5.92 Å². The van der Waals surface area contributed by atoms with E-state index in [1.165, 1.54) is 13.4 Å². The minimum absolute atomic E-state index is 0.0104. The molecule has 0 saturated carbocycles. The molecule has 0 bridgehead atoms.